The number of aliphatic hydroxyl groups excluding tert-OH is 1. The van der Waals surface area contributed by atoms with Gasteiger partial charge in [-0.25, -0.2) is 4.79 Å². The molecule has 0 saturated carbocycles. The molecule has 1 aromatic heterocycles. The second-order valence-corrected chi connectivity index (χ2v) is 7.38. The molecule has 2 unspecified atom stereocenters. The molecule has 30 heavy (non-hydrogen) atoms. The van der Waals surface area contributed by atoms with Crippen molar-refractivity contribution in [3.05, 3.63) is 64.0 Å². The Balaban J connectivity index is 2.26. The first kappa shape index (κ1) is 21.5. The minimum atomic E-state index is -1.17. The van der Waals surface area contributed by atoms with E-state index < -0.39 is 29.3 Å². The highest BCUT2D eigenvalue weighted by Gasteiger charge is 2.35. The van der Waals surface area contributed by atoms with E-state index in [4.69, 9.17) is 21.1 Å². The Morgan fingerprint density at radius 1 is 1.30 bits per heavy atom. The topological polar surface area (TPSA) is 131 Å². The maximum Gasteiger partial charge on any atom is 0.407 e. The fourth-order valence-corrected chi connectivity index (χ4v) is 3.83. The molecule has 1 aliphatic heterocycles. The van der Waals surface area contributed by atoms with Crippen molar-refractivity contribution in [2.24, 2.45) is 0 Å². The van der Waals surface area contributed by atoms with Gasteiger partial charge in [0, 0.05) is 40.8 Å². The number of hydrogen-bond acceptors (Lipinski definition) is 6. The van der Waals surface area contributed by atoms with E-state index in [1.165, 1.54) is 12.2 Å². The standard InChI is InChI=1S/C21H20ClNO7/c1-3-4-11(10(2)22)17-8-15(26)19-14(25)7-13(24)18(20(19)30-17)12-5-6-23(21(28)29)9-16(12)27/h3-4,7-8,12,16,24-25,27H,1-2,5-6,9H2,(H,28,29)/b11-4+. The molecule has 158 valence electrons. The third-order valence-corrected chi connectivity index (χ3v) is 5.27. The molecular formula is C21H20ClNO7. The number of rotatable bonds is 4. The van der Waals surface area contributed by atoms with Crippen LogP contribution in [0.2, 0.25) is 0 Å². The zero-order chi connectivity index (χ0) is 22.2. The van der Waals surface area contributed by atoms with Crippen LogP contribution in [0.25, 0.3) is 16.5 Å². The first-order valence-corrected chi connectivity index (χ1v) is 9.40. The maximum atomic E-state index is 12.7. The number of nitrogens with zero attached hydrogens (tertiary/aromatic N) is 1. The number of allylic oxidation sites excluding steroid dienone is 4. The molecule has 2 heterocycles. The van der Waals surface area contributed by atoms with Crippen LogP contribution in [-0.4, -0.2) is 50.6 Å². The molecule has 1 fully saturated rings. The van der Waals surface area contributed by atoms with E-state index in [0.717, 1.165) is 17.0 Å². The van der Waals surface area contributed by atoms with E-state index >= 15 is 0 Å². The van der Waals surface area contributed by atoms with Crippen LogP contribution in [0.4, 0.5) is 4.79 Å². The largest absolute Gasteiger partial charge is 0.507 e. The Bertz CT molecular complexity index is 1130. The van der Waals surface area contributed by atoms with Crippen LogP contribution in [0.15, 0.2) is 51.7 Å². The van der Waals surface area contributed by atoms with Crippen molar-refractivity contribution in [1.82, 2.24) is 4.90 Å². The Hall–Kier alpha value is -3.23. The molecule has 9 heteroatoms. The zero-order valence-electron chi connectivity index (χ0n) is 15.8. The average molecular weight is 434 g/mol. The van der Waals surface area contributed by atoms with Gasteiger partial charge in [-0.05, 0) is 6.42 Å². The van der Waals surface area contributed by atoms with E-state index in [0.29, 0.717) is 0 Å². The third kappa shape index (κ3) is 3.79. The Kier molecular flexibility index (Phi) is 5.91. The molecule has 3 rings (SSSR count). The molecule has 1 aliphatic rings. The van der Waals surface area contributed by atoms with Crippen molar-refractivity contribution in [3.63, 3.8) is 0 Å². The van der Waals surface area contributed by atoms with Gasteiger partial charge in [-0.15, -0.1) is 0 Å². The van der Waals surface area contributed by atoms with Crippen LogP contribution in [0.3, 0.4) is 0 Å². The summed E-state index contributed by atoms with van der Waals surface area (Å²) < 4.78 is 5.86. The number of piperidine rings is 1. The van der Waals surface area contributed by atoms with E-state index in [1.807, 2.05) is 0 Å². The SMILES string of the molecule is C=C/C=C(\C(=C)Cl)c1cc(=O)c2c(O)cc(O)c(C3CCN(C(=O)O)CC3O)c2o1. The first-order valence-electron chi connectivity index (χ1n) is 9.02. The molecule has 8 nitrogen and oxygen atoms in total. The monoisotopic (exact) mass is 433 g/mol. The maximum absolute atomic E-state index is 12.7. The Morgan fingerprint density at radius 3 is 2.57 bits per heavy atom. The van der Waals surface area contributed by atoms with Crippen molar-refractivity contribution in [2.75, 3.05) is 13.1 Å². The van der Waals surface area contributed by atoms with Gasteiger partial charge < -0.3 is 29.7 Å². The summed E-state index contributed by atoms with van der Waals surface area (Å²) in [5.41, 5.74) is -0.316. The highest BCUT2D eigenvalue weighted by molar-refractivity contribution is 6.36. The summed E-state index contributed by atoms with van der Waals surface area (Å²) in [6.07, 6.45) is 0.766. The summed E-state index contributed by atoms with van der Waals surface area (Å²) in [5, 5.41) is 40.4. The van der Waals surface area contributed by atoms with Crippen LogP contribution < -0.4 is 5.43 Å². The predicted octanol–water partition coefficient (Wildman–Crippen LogP) is 3.35. The summed E-state index contributed by atoms with van der Waals surface area (Å²) in [6.45, 7) is 7.15. The average Bonchev–Trinajstić information content (AvgIpc) is 2.66. The van der Waals surface area contributed by atoms with Gasteiger partial charge in [0.2, 0.25) is 0 Å². The normalized spacial score (nSPS) is 19.7. The van der Waals surface area contributed by atoms with Crippen molar-refractivity contribution in [1.29, 1.82) is 0 Å². The number of amides is 1. The van der Waals surface area contributed by atoms with Crippen molar-refractivity contribution >= 4 is 34.2 Å². The number of phenolic OH excluding ortho intramolecular Hbond substituents is 2. The van der Waals surface area contributed by atoms with Gasteiger partial charge in [0.25, 0.3) is 0 Å². The molecule has 0 radical (unpaired) electrons. The van der Waals surface area contributed by atoms with Gasteiger partial charge in [-0.3, -0.25) is 4.79 Å². The van der Waals surface area contributed by atoms with Crippen LogP contribution in [0.1, 0.15) is 23.7 Å². The van der Waals surface area contributed by atoms with Crippen LogP contribution in [-0.2, 0) is 0 Å². The number of carboxylic acid groups (broad SMARTS) is 1. The lowest BCUT2D eigenvalue weighted by atomic mass is 9.85. The molecule has 0 spiro atoms. The molecule has 1 aromatic carbocycles. The second-order valence-electron chi connectivity index (χ2n) is 6.92. The third-order valence-electron chi connectivity index (χ3n) is 5.06. The van der Waals surface area contributed by atoms with Gasteiger partial charge in [0.1, 0.15) is 28.2 Å². The van der Waals surface area contributed by atoms with Gasteiger partial charge in [-0.2, -0.15) is 0 Å². The smallest absolute Gasteiger partial charge is 0.407 e. The highest BCUT2D eigenvalue weighted by atomic mass is 35.5. The summed E-state index contributed by atoms with van der Waals surface area (Å²) >= 11 is 6.01. The molecule has 4 N–H and O–H groups in total. The summed E-state index contributed by atoms with van der Waals surface area (Å²) in [7, 11) is 0. The van der Waals surface area contributed by atoms with Crippen molar-refractivity contribution < 1.29 is 29.6 Å². The molecule has 0 aliphatic carbocycles. The van der Waals surface area contributed by atoms with E-state index in [9.17, 15) is 24.9 Å². The molecular weight excluding hydrogens is 414 g/mol. The van der Waals surface area contributed by atoms with Crippen LogP contribution in [0.5, 0.6) is 11.5 Å². The number of benzene rings is 1. The number of carbonyl (C=O) groups is 1. The van der Waals surface area contributed by atoms with Gasteiger partial charge in [0.15, 0.2) is 5.43 Å². The number of likely N-dealkylation sites (tertiary alicyclic amines) is 1. The summed E-state index contributed by atoms with van der Waals surface area (Å²) in [5.74, 6) is -1.56. The molecule has 2 aromatic rings. The van der Waals surface area contributed by atoms with E-state index in [1.54, 1.807) is 0 Å². The summed E-state index contributed by atoms with van der Waals surface area (Å²) in [6, 6.07) is 2.14. The van der Waals surface area contributed by atoms with Gasteiger partial charge in [-0.1, -0.05) is 36.9 Å². The highest BCUT2D eigenvalue weighted by Crippen LogP contribution is 2.42. The van der Waals surface area contributed by atoms with E-state index in [2.05, 4.69) is 13.2 Å². The van der Waals surface area contributed by atoms with Gasteiger partial charge >= 0.3 is 6.09 Å². The zero-order valence-corrected chi connectivity index (χ0v) is 16.6. The lowest BCUT2D eigenvalue weighted by Crippen LogP contribution is -2.45. The number of phenols is 2. The molecule has 1 saturated heterocycles. The minimum absolute atomic E-state index is 0.0381. The first-order chi connectivity index (χ1) is 14.1. The predicted molar refractivity (Wildman–Crippen MR) is 112 cm³/mol. The lowest BCUT2D eigenvalue weighted by molar-refractivity contribution is 0.0499. The Morgan fingerprint density at radius 2 is 2.00 bits per heavy atom. The van der Waals surface area contributed by atoms with Crippen LogP contribution >= 0.6 is 11.6 Å². The molecule has 1 amide bonds. The number of β-amino-alcohol motifs (C(OH)–C–C–N with tert-alkyl or cyclic N) is 1. The lowest BCUT2D eigenvalue weighted by Gasteiger charge is -2.34. The molecule has 2 atom stereocenters. The quantitative estimate of drug-likeness (QED) is 0.543. The van der Waals surface area contributed by atoms with E-state index in [-0.39, 0.29) is 58.2 Å². The number of halogens is 1. The van der Waals surface area contributed by atoms with Gasteiger partial charge in [0.05, 0.1) is 12.6 Å². The Labute approximate surface area is 176 Å². The van der Waals surface area contributed by atoms with Crippen LogP contribution in [0, 0.1) is 0 Å². The number of hydrogen-bond donors (Lipinski definition) is 4. The number of fused-ring (bicyclic) bond motifs is 1. The number of aromatic hydroxyl groups is 2. The fraction of sp³-hybridized carbons (Fsp3) is 0.238. The fourth-order valence-electron chi connectivity index (χ4n) is 3.68. The van der Waals surface area contributed by atoms with Crippen molar-refractivity contribution in [3.8, 4) is 11.5 Å². The van der Waals surface area contributed by atoms with Crippen molar-refractivity contribution in [2.45, 2.75) is 18.4 Å². The number of aliphatic hydroxyl groups is 1. The minimum Gasteiger partial charge on any atom is -0.507 e. The summed E-state index contributed by atoms with van der Waals surface area (Å²) in [4.78, 5) is 25.0. The second kappa shape index (κ2) is 8.25. The molecule has 0 bridgehead atoms.